The first-order valence-corrected chi connectivity index (χ1v) is 5.98. The monoisotopic (exact) mass is 289 g/mol. The fraction of sp³-hybridized carbons (Fsp3) is 0.0714. The molecule has 0 bridgehead atoms. The molecule has 0 amide bonds. The zero-order valence-electron chi connectivity index (χ0n) is 10.9. The maximum absolute atomic E-state index is 13.2. The lowest BCUT2D eigenvalue weighted by molar-refractivity contribution is 0.0600. The molecular formula is C14H9F2N3O2. The van der Waals surface area contributed by atoms with E-state index in [9.17, 15) is 13.6 Å². The van der Waals surface area contributed by atoms with Crippen molar-refractivity contribution in [2.24, 2.45) is 0 Å². The first-order chi connectivity index (χ1) is 10.1. The number of pyridine rings is 1. The lowest BCUT2D eigenvalue weighted by Gasteiger charge is -1.98. The van der Waals surface area contributed by atoms with Crippen LogP contribution in [0.5, 0.6) is 0 Å². The topological polar surface area (TPSA) is 56.5 Å². The van der Waals surface area contributed by atoms with Crippen LogP contribution in [0.1, 0.15) is 10.4 Å². The van der Waals surface area contributed by atoms with Crippen LogP contribution in [0.3, 0.4) is 0 Å². The minimum atomic E-state index is -0.709. The van der Waals surface area contributed by atoms with Crippen molar-refractivity contribution >= 4 is 11.6 Å². The normalized spacial score (nSPS) is 10.8. The van der Waals surface area contributed by atoms with Gasteiger partial charge in [0.1, 0.15) is 11.6 Å². The third-order valence-corrected chi connectivity index (χ3v) is 2.87. The third-order valence-electron chi connectivity index (χ3n) is 2.87. The van der Waals surface area contributed by atoms with Gasteiger partial charge < -0.3 is 4.74 Å². The number of aromatic nitrogens is 3. The van der Waals surface area contributed by atoms with Crippen LogP contribution in [0.4, 0.5) is 8.78 Å². The molecule has 0 fully saturated rings. The Balaban J connectivity index is 2.10. The van der Waals surface area contributed by atoms with Crippen LogP contribution < -0.4 is 0 Å². The van der Waals surface area contributed by atoms with Crippen LogP contribution in [0, 0.1) is 11.6 Å². The summed E-state index contributed by atoms with van der Waals surface area (Å²) in [6.45, 7) is 0. The average molecular weight is 289 g/mol. The van der Waals surface area contributed by atoms with Crippen molar-refractivity contribution in [3.05, 3.63) is 53.7 Å². The maximum Gasteiger partial charge on any atom is 0.339 e. The molecule has 0 unspecified atom stereocenters. The van der Waals surface area contributed by atoms with Crippen LogP contribution in [-0.4, -0.2) is 27.7 Å². The van der Waals surface area contributed by atoms with Crippen molar-refractivity contribution in [2.45, 2.75) is 0 Å². The number of nitrogens with zero attached hydrogens (tertiary/aromatic N) is 3. The lowest BCUT2D eigenvalue weighted by Crippen LogP contribution is -2.03. The molecule has 3 rings (SSSR count). The Morgan fingerprint density at radius 2 is 1.90 bits per heavy atom. The van der Waals surface area contributed by atoms with Gasteiger partial charge in [0.15, 0.2) is 11.5 Å². The van der Waals surface area contributed by atoms with E-state index >= 15 is 0 Å². The molecule has 106 valence electrons. The minimum Gasteiger partial charge on any atom is -0.465 e. The molecule has 0 atom stereocenters. The van der Waals surface area contributed by atoms with Crippen LogP contribution in [-0.2, 0) is 4.74 Å². The molecule has 2 aromatic heterocycles. The second-order valence-corrected chi connectivity index (χ2v) is 4.31. The number of carbonyl (C=O) groups is 1. The Morgan fingerprint density at radius 3 is 2.57 bits per heavy atom. The van der Waals surface area contributed by atoms with Gasteiger partial charge >= 0.3 is 5.97 Å². The minimum absolute atomic E-state index is 0.162. The first kappa shape index (κ1) is 13.2. The molecule has 1 aromatic carbocycles. The van der Waals surface area contributed by atoms with Crippen LogP contribution >= 0.6 is 0 Å². The molecule has 7 heteroatoms. The van der Waals surface area contributed by atoms with Crippen molar-refractivity contribution in [3.8, 4) is 11.4 Å². The Kier molecular flexibility index (Phi) is 3.09. The summed E-state index contributed by atoms with van der Waals surface area (Å²) >= 11 is 0. The van der Waals surface area contributed by atoms with Gasteiger partial charge in [-0.25, -0.2) is 23.1 Å². The van der Waals surface area contributed by atoms with Gasteiger partial charge in [-0.15, -0.1) is 5.10 Å². The van der Waals surface area contributed by atoms with Crippen LogP contribution in [0.15, 0.2) is 36.5 Å². The van der Waals surface area contributed by atoms with Crippen molar-refractivity contribution in [1.82, 2.24) is 14.6 Å². The number of ether oxygens (including phenoxy) is 1. The predicted molar refractivity (Wildman–Crippen MR) is 69.7 cm³/mol. The number of esters is 1. The summed E-state index contributed by atoms with van der Waals surface area (Å²) < 4.78 is 32.4. The molecular weight excluding hydrogens is 280 g/mol. The summed E-state index contributed by atoms with van der Waals surface area (Å²) in [5, 5.41) is 4.11. The molecule has 0 saturated carbocycles. The van der Waals surface area contributed by atoms with E-state index in [4.69, 9.17) is 0 Å². The van der Waals surface area contributed by atoms with E-state index in [0.29, 0.717) is 11.2 Å². The van der Waals surface area contributed by atoms with Gasteiger partial charge in [0.05, 0.1) is 12.7 Å². The first-order valence-electron chi connectivity index (χ1n) is 5.98. The Morgan fingerprint density at radius 1 is 1.19 bits per heavy atom. The number of hydrogen-bond acceptors (Lipinski definition) is 4. The highest BCUT2D eigenvalue weighted by atomic mass is 19.1. The maximum atomic E-state index is 13.2. The molecule has 5 nitrogen and oxygen atoms in total. The van der Waals surface area contributed by atoms with Gasteiger partial charge in [0.2, 0.25) is 0 Å². The molecule has 0 radical (unpaired) electrons. The molecule has 0 spiro atoms. The van der Waals surface area contributed by atoms with E-state index in [1.807, 2.05) is 0 Å². The summed E-state index contributed by atoms with van der Waals surface area (Å²) in [5.74, 6) is -1.76. The van der Waals surface area contributed by atoms with E-state index in [2.05, 4.69) is 14.8 Å². The number of carbonyl (C=O) groups excluding carboxylic acids is 1. The Hall–Kier alpha value is -2.83. The average Bonchev–Trinajstić information content (AvgIpc) is 2.88. The summed E-state index contributed by atoms with van der Waals surface area (Å²) in [6, 6.07) is 6.15. The fourth-order valence-electron chi connectivity index (χ4n) is 1.93. The van der Waals surface area contributed by atoms with E-state index in [1.165, 1.54) is 23.9 Å². The molecule has 0 saturated heterocycles. The Labute approximate surface area is 117 Å². The lowest BCUT2D eigenvalue weighted by atomic mass is 10.2. The smallest absolute Gasteiger partial charge is 0.339 e. The van der Waals surface area contributed by atoms with Gasteiger partial charge in [0, 0.05) is 17.8 Å². The van der Waals surface area contributed by atoms with Crippen molar-refractivity contribution in [1.29, 1.82) is 0 Å². The number of fused-ring (bicyclic) bond motifs is 1. The third kappa shape index (κ3) is 2.45. The van der Waals surface area contributed by atoms with E-state index < -0.39 is 17.6 Å². The quantitative estimate of drug-likeness (QED) is 0.680. The largest absolute Gasteiger partial charge is 0.465 e. The SMILES string of the molecule is COC(=O)c1ccc2nc(-c3cc(F)cc(F)c3)nn2c1. The molecule has 0 N–H and O–H groups in total. The summed E-state index contributed by atoms with van der Waals surface area (Å²) in [7, 11) is 1.27. The van der Waals surface area contributed by atoms with Crippen molar-refractivity contribution in [2.75, 3.05) is 7.11 Å². The second-order valence-electron chi connectivity index (χ2n) is 4.31. The zero-order chi connectivity index (χ0) is 15.0. The molecule has 0 aliphatic rings. The molecule has 21 heavy (non-hydrogen) atoms. The van der Waals surface area contributed by atoms with E-state index in [-0.39, 0.29) is 11.4 Å². The van der Waals surface area contributed by atoms with Gasteiger partial charge in [-0.3, -0.25) is 0 Å². The summed E-state index contributed by atoms with van der Waals surface area (Å²) in [5.41, 5.74) is 0.963. The van der Waals surface area contributed by atoms with Gasteiger partial charge in [-0.05, 0) is 24.3 Å². The second kappa shape index (κ2) is 4.93. The highest BCUT2D eigenvalue weighted by Crippen LogP contribution is 2.19. The number of benzene rings is 1. The van der Waals surface area contributed by atoms with Crippen molar-refractivity contribution in [3.63, 3.8) is 0 Å². The highest BCUT2D eigenvalue weighted by molar-refractivity contribution is 5.89. The Bertz CT molecular complexity index is 825. The molecule has 0 aliphatic carbocycles. The highest BCUT2D eigenvalue weighted by Gasteiger charge is 2.12. The van der Waals surface area contributed by atoms with Crippen molar-refractivity contribution < 1.29 is 18.3 Å². The van der Waals surface area contributed by atoms with Gasteiger partial charge in [0.25, 0.3) is 0 Å². The van der Waals surface area contributed by atoms with Gasteiger partial charge in [-0.2, -0.15) is 0 Å². The number of rotatable bonds is 2. The van der Waals surface area contributed by atoms with Crippen LogP contribution in [0.25, 0.3) is 17.0 Å². The van der Waals surface area contributed by atoms with E-state index in [0.717, 1.165) is 18.2 Å². The summed E-state index contributed by atoms with van der Waals surface area (Å²) in [4.78, 5) is 15.6. The number of hydrogen-bond donors (Lipinski definition) is 0. The predicted octanol–water partition coefficient (Wildman–Crippen LogP) is 2.46. The number of halogens is 2. The molecule has 2 heterocycles. The fourth-order valence-corrected chi connectivity index (χ4v) is 1.93. The summed E-state index contributed by atoms with van der Waals surface area (Å²) in [6.07, 6.45) is 1.44. The standard InChI is InChI=1S/C14H9F2N3O2/c1-21-14(20)8-2-3-12-17-13(18-19(12)7-8)9-4-10(15)6-11(16)5-9/h2-7H,1H3. The molecule has 0 aliphatic heterocycles. The van der Waals surface area contributed by atoms with Crippen LogP contribution in [0.2, 0.25) is 0 Å². The van der Waals surface area contributed by atoms with Gasteiger partial charge in [-0.1, -0.05) is 0 Å². The zero-order valence-corrected chi connectivity index (χ0v) is 10.9. The number of methoxy groups -OCH3 is 1. The molecule has 3 aromatic rings. The van der Waals surface area contributed by atoms with E-state index in [1.54, 1.807) is 6.07 Å².